The minimum Gasteiger partial charge on any atom is -0.504 e. The number of carbonyl (C=O) groups excluding carboxylic acids is 4. The van der Waals surface area contributed by atoms with E-state index in [1.165, 1.54) is 24.3 Å². The normalized spacial score (nSPS) is 33.1. The molecule has 372 valence electrons. The number of hydrogen-bond acceptors (Lipinski definition) is 25. The first-order valence-corrected chi connectivity index (χ1v) is 20.6. The molecule has 4 aliphatic rings. The molecule has 5 rings (SSSR count). The molecule has 0 bridgehead atoms. The van der Waals surface area contributed by atoms with Gasteiger partial charge in [-0.25, -0.2) is 9.59 Å². The summed E-state index contributed by atoms with van der Waals surface area (Å²) < 4.78 is 54.4. The first-order chi connectivity index (χ1) is 32.0. The molecule has 2 saturated heterocycles. The number of phenolic OH excluding ortho intramolecular Hbond substituents is 2. The molecule has 0 saturated carbocycles. The predicted octanol–water partition coefficient (Wildman–Crippen LogP) is -3.61. The molecule has 4 heterocycles. The minimum absolute atomic E-state index is 0.0426. The van der Waals surface area contributed by atoms with Crippen LogP contribution in [-0.4, -0.2) is 195 Å². The summed E-state index contributed by atoms with van der Waals surface area (Å²) in [4.78, 5) is 52.7. The molecule has 25 heteroatoms. The number of aliphatic hydroxyl groups is 9. The third kappa shape index (κ3) is 12.6. The summed E-state index contributed by atoms with van der Waals surface area (Å²) in [5, 5.41) is 111. The van der Waals surface area contributed by atoms with E-state index in [2.05, 4.69) is 0 Å². The van der Waals surface area contributed by atoms with Crippen molar-refractivity contribution in [3.05, 3.63) is 70.7 Å². The van der Waals surface area contributed by atoms with Crippen LogP contribution >= 0.6 is 0 Å². The zero-order chi connectivity index (χ0) is 49.1. The zero-order valence-corrected chi connectivity index (χ0v) is 35.9. The first kappa shape index (κ1) is 52.7. The predicted molar refractivity (Wildman–Crippen MR) is 214 cm³/mol. The lowest BCUT2D eigenvalue weighted by atomic mass is 9.85. The van der Waals surface area contributed by atoms with Gasteiger partial charge < -0.3 is 104 Å². The highest BCUT2D eigenvalue weighted by molar-refractivity contribution is 5.91. The van der Waals surface area contributed by atoms with Gasteiger partial charge in [0.15, 0.2) is 24.1 Å². The fourth-order valence-electron chi connectivity index (χ4n) is 7.47. The molecule has 0 radical (unpaired) electrons. The molecule has 2 fully saturated rings. The standard InChI is InChI=1S/C42H54O25/c1-58-37(56)23-16-62-40(67-42-36(55)34(53)32(51)28(14-45)65-42)21(19(23)4-6-29(48)61-15-18-3-5-25(46)26(47)11-18)8-10-60-30(49)12-22-20(7-9-43)39(63-17-24(22)38(57)59-2)66-41-35(54)33(52)31(50)27(13-44)64-41/h3,5,7-8,11,16-17,19,22,27-28,31-36,39-47,50-55H,4,6,9-10,12-15H2,1-2H3/t19-,22+,27-,28+,31-,32+,33-,34+,35-,36+,39+,40+,41+,42-/m1/s1. The second kappa shape index (κ2) is 24.2. The van der Waals surface area contributed by atoms with Crippen LogP contribution in [0.15, 0.2) is 65.2 Å². The van der Waals surface area contributed by atoms with E-state index >= 15 is 0 Å². The lowest BCUT2D eigenvalue weighted by Gasteiger charge is -2.42. The van der Waals surface area contributed by atoms with Gasteiger partial charge >= 0.3 is 23.9 Å². The van der Waals surface area contributed by atoms with Gasteiger partial charge in [-0.2, -0.15) is 0 Å². The molecule has 1 aromatic carbocycles. The van der Waals surface area contributed by atoms with Crippen molar-refractivity contribution in [2.45, 2.75) is 99.9 Å². The van der Waals surface area contributed by atoms with E-state index in [0.29, 0.717) is 5.56 Å². The summed E-state index contributed by atoms with van der Waals surface area (Å²) in [6, 6.07) is 3.77. The van der Waals surface area contributed by atoms with Crippen LogP contribution < -0.4 is 0 Å². The van der Waals surface area contributed by atoms with Gasteiger partial charge in [0.1, 0.15) is 62.0 Å². The molecule has 25 nitrogen and oxygen atoms in total. The van der Waals surface area contributed by atoms with Gasteiger partial charge in [0, 0.05) is 29.4 Å². The Kier molecular flexibility index (Phi) is 19.0. The maximum absolute atomic E-state index is 13.7. The van der Waals surface area contributed by atoms with Crippen LogP contribution in [-0.2, 0) is 73.2 Å². The van der Waals surface area contributed by atoms with E-state index in [4.69, 9.17) is 47.4 Å². The number of benzene rings is 1. The number of rotatable bonds is 18. The Labute approximate surface area is 380 Å². The van der Waals surface area contributed by atoms with Crippen molar-refractivity contribution in [3.8, 4) is 11.5 Å². The van der Waals surface area contributed by atoms with Gasteiger partial charge in [-0.05, 0) is 30.2 Å². The highest BCUT2D eigenvalue weighted by Crippen LogP contribution is 2.39. The Hall–Kier alpha value is -5.26. The zero-order valence-electron chi connectivity index (χ0n) is 35.9. The molecular weight excluding hydrogens is 904 g/mol. The molecule has 0 aliphatic carbocycles. The quantitative estimate of drug-likeness (QED) is 0.0293. The molecular formula is C42H54O25. The summed E-state index contributed by atoms with van der Waals surface area (Å²) in [6.45, 7) is -3.29. The number of methoxy groups -OCH3 is 2. The Morgan fingerprint density at radius 3 is 1.66 bits per heavy atom. The summed E-state index contributed by atoms with van der Waals surface area (Å²) >= 11 is 0. The van der Waals surface area contributed by atoms with Crippen molar-refractivity contribution in [2.75, 3.05) is 40.6 Å². The molecule has 14 atom stereocenters. The molecule has 0 spiro atoms. The van der Waals surface area contributed by atoms with E-state index in [1.54, 1.807) is 0 Å². The molecule has 0 unspecified atom stereocenters. The van der Waals surface area contributed by atoms with Crippen LogP contribution in [0.25, 0.3) is 0 Å². The second-order valence-corrected chi connectivity index (χ2v) is 15.3. The van der Waals surface area contributed by atoms with Gasteiger partial charge in [0.05, 0.1) is 64.1 Å². The van der Waals surface area contributed by atoms with Gasteiger partial charge in [0.25, 0.3) is 0 Å². The van der Waals surface area contributed by atoms with Crippen LogP contribution in [0.2, 0.25) is 0 Å². The third-order valence-electron chi connectivity index (χ3n) is 11.1. The second-order valence-electron chi connectivity index (χ2n) is 15.3. The van der Waals surface area contributed by atoms with Crippen molar-refractivity contribution in [1.82, 2.24) is 0 Å². The van der Waals surface area contributed by atoms with E-state index in [0.717, 1.165) is 32.8 Å². The average molecular weight is 959 g/mol. The van der Waals surface area contributed by atoms with Gasteiger partial charge in [0.2, 0.25) is 12.6 Å². The fourth-order valence-corrected chi connectivity index (χ4v) is 7.47. The summed E-state index contributed by atoms with van der Waals surface area (Å²) in [5.74, 6) is -7.07. The van der Waals surface area contributed by atoms with E-state index in [-0.39, 0.29) is 35.3 Å². The van der Waals surface area contributed by atoms with E-state index < -0.39 is 160 Å². The maximum atomic E-state index is 13.7. The monoisotopic (exact) mass is 958 g/mol. The molecule has 0 amide bonds. The number of hydrogen-bond donors (Lipinski definition) is 11. The van der Waals surface area contributed by atoms with Crippen LogP contribution in [0, 0.1) is 11.8 Å². The lowest BCUT2D eigenvalue weighted by molar-refractivity contribution is -0.328. The highest BCUT2D eigenvalue weighted by atomic mass is 16.8. The van der Waals surface area contributed by atoms with Gasteiger partial charge in [-0.1, -0.05) is 12.1 Å². The van der Waals surface area contributed by atoms with Crippen molar-refractivity contribution in [2.24, 2.45) is 11.8 Å². The van der Waals surface area contributed by atoms with E-state index in [1.807, 2.05) is 0 Å². The van der Waals surface area contributed by atoms with E-state index in [9.17, 15) is 75.3 Å². The lowest BCUT2D eigenvalue weighted by Crippen LogP contribution is -2.60. The average Bonchev–Trinajstić information content (AvgIpc) is 3.32. The summed E-state index contributed by atoms with van der Waals surface area (Å²) in [7, 11) is 2.11. The Balaban J connectivity index is 1.40. The molecule has 0 aromatic heterocycles. The smallest absolute Gasteiger partial charge is 0.337 e. The minimum atomic E-state index is -1.93. The van der Waals surface area contributed by atoms with Gasteiger partial charge in [-0.3, -0.25) is 9.59 Å². The van der Waals surface area contributed by atoms with Crippen molar-refractivity contribution >= 4 is 23.9 Å². The topological polar surface area (TPSA) is 383 Å². The van der Waals surface area contributed by atoms with Crippen LogP contribution in [0.5, 0.6) is 11.5 Å². The number of ether oxygens (including phenoxy) is 10. The number of carbonyl (C=O) groups is 4. The molecule has 11 N–H and O–H groups in total. The van der Waals surface area contributed by atoms with Crippen molar-refractivity contribution in [1.29, 1.82) is 0 Å². The number of aliphatic hydroxyl groups excluding tert-OH is 9. The molecule has 4 aliphatic heterocycles. The Morgan fingerprint density at radius 1 is 0.642 bits per heavy atom. The highest BCUT2D eigenvalue weighted by Gasteiger charge is 2.49. The van der Waals surface area contributed by atoms with Crippen molar-refractivity contribution in [3.63, 3.8) is 0 Å². The largest absolute Gasteiger partial charge is 0.504 e. The van der Waals surface area contributed by atoms with Gasteiger partial charge in [-0.15, -0.1) is 0 Å². The fraction of sp³-hybridized carbons (Fsp3) is 0.571. The summed E-state index contributed by atoms with van der Waals surface area (Å²) in [5.41, 5.74) is -0.246. The van der Waals surface area contributed by atoms with Crippen LogP contribution in [0.4, 0.5) is 0 Å². The number of esters is 4. The summed E-state index contributed by atoms with van der Waals surface area (Å²) in [6.07, 6.45) is -17.8. The Bertz CT molecular complexity index is 2010. The SMILES string of the molecule is COC(=O)C1=CO[C@@H](O[C@@H]2O[C@H](CO)[C@@H](O)[C@@H](O)[C@H]2O)C(=CCO)[C@@H]1CC(=O)OCC=C1[C@H](O[C@H]2O[C@@H](CO)[C@H](O)[C@H](O)[C@@H]2O)OC=C(C(=O)OC)[C@@H]1CCC(=O)OCc1ccc(O)c(O)c1. The maximum Gasteiger partial charge on any atom is 0.337 e. The third-order valence-corrected chi connectivity index (χ3v) is 11.1. The Morgan fingerprint density at radius 2 is 1.16 bits per heavy atom. The van der Waals surface area contributed by atoms with Crippen LogP contribution in [0.1, 0.15) is 24.8 Å². The first-order valence-electron chi connectivity index (χ1n) is 20.6. The van der Waals surface area contributed by atoms with Crippen LogP contribution in [0.3, 0.4) is 0 Å². The van der Waals surface area contributed by atoms with Crippen molar-refractivity contribution < 1.29 is 123 Å². The molecule has 1 aromatic rings. The number of phenols is 2. The number of aromatic hydroxyl groups is 2. The molecule has 67 heavy (non-hydrogen) atoms.